The fraction of sp³-hybridized carbons (Fsp3) is 0.618. The van der Waals surface area contributed by atoms with Gasteiger partial charge in [0.25, 0.3) is 0 Å². The quantitative estimate of drug-likeness (QED) is 0.0838. The second kappa shape index (κ2) is 30.0. The van der Waals surface area contributed by atoms with E-state index in [1.807, 2.05) is 12.1 Å². The lowest BCUT2D eigenvalue weighted by Crippen LogP contribution is -2.15. The molecule has 14 heteroatoms. The zero-order valence-corrected chi connectivity index (χ0v) is 28.2. The summed E-state index contributed by atoms with van der Waals surface area (Å²) in [6, 6.07) is 14.4. The molecule has 0 aliphatic heterocycles. The van der Waals surface area contributed by atoms with Crippen LogP contribution >= 0.6 is 0 Å². The van der Waals surface area contributed by atoms with E-state index in [2.05, 4.69) is 5.32 Å². The highest BCUT2D eigenvalue weighted by Gasteiger charge is 1.99. The summed E-state index contributed by atoms with van der Waals surface area (Å²) in [4.78, 5) is 11.0. The van der Waals surface area contributed by atoms with Crippen LogP contribution in [-0.4, -0.2) is 138 Å². The highest BCUT2D eigenvalue weighted by Crippen LogP contribution is 2.15. The molecule has 0 heterocycles. The normalized spacial score (nSPS) is 11.1. The molecule has 48 heavy (non-hydrogen) atoms. The van der Waals surface area contributed by atoms with Crippen LogP contribution in [0.2, 0.25) is 0 Å². The molecule has 2 aromatic rings. The van der Waals surface area contributed by atoms with E-state index in [1.165, 1.54) is 6.92 Å². The fourth-order valence-corrected chi connectivity index (χ4v) is 3.70. The first-order valence-electron chi connectivity index (χ1n) is 16.3. The second-order valence-electron chi connectivity index (χ2n) is 9.98. The summed E-state index contributed by atoms with van der Waals surface area (Å²) in [6.07, 6.45) is 0. The van der Waals surface area contributed by atoms with Crippen molar-refractivity contribution < 1.29 is 56.9 Å². The first kappa shape index (κ1) is 41.1. The molecule has 2 rings (SSSR count). The minimum Gasteiger partial charge on any atom is -0.491 e. The molecule has 0 atom stereocenters. The number of amides is 1. The number of nitrogens with two attached hydrogens (primary N) is 1. The maximum atomic E-state index is 11.0. The van der Waals surface area contributed by atoms with E-state index in [-0.39, 0.29) is 5.91 Å². The van der Waals surface area contributed by atoms with Crippen molar-refractivity contribution in [1.82, 2.24) is 0 Å². The zero-order chi connectivity index (χ0) is 34.2. The van der Waals surface area contributed by atoms with Crippen molar-refractivity contribution >= 4 is 17.3 Å². The number of nitrogens with one attached hydrogen (secondary N) is 1. The van der Waals surface area contributed by atoms with Gasteiger partial charge in [-0.25, -0.2) is 0 Å². The van der Waals surface area contributed by atoms with Gasteiger partial charge in [0.1, 0.15) is 24.7 Å². The third-order valence-corrected chi connectivity index (χ3v) is 6.02. The van der Waals surface area contributed by atoms with E-state index in [1.54, 1.807) is 36.4 Å². The molecule has 0 bridgehead atoms. The molecule has 0 aliphatic carbocycles. The monoisotopic (exact) mass is 682 g/mol. The van der Waals surface area contributed by atoms with E-state index in [4.69, 9.17) is 57.8 Å². The van der Waals surface area contributed by atoms with Crippen molar-refractivity contribution in [3.8, 4) is 11.5 Å². The van der Waals surface area contributed by atoms with Crippen molar-refractivity contribution in [2.24, 2.45) is 0 Å². The number of carbonyl (C=O) groups excluding carboxylic acids is 1. The highest BCUT2D eigenvalue weighted by atomic mass is 16.6. The lowest BCUT2D eigenvalue weighted by molar-refractivity contribution is -0.114. The van der Waals surface area contributed by atoms with Crippen LogP contribution in [-0.2, 0) is 47.4 Å². The number of hydrogen-bond donors (Lipinski definition) is 2. The van der Waals surface area contributed by atoms with Gasteiger partial charge < -0.3 is 63.2 Å². The number of anilines is 2. The van der Waals surface area contributed by atoms with Gasteiger partial charge in [0, 0.05) is 18.3 Å². The average Bonchev–Trinajstić information content (AvgIpc) is 3.08. The van der Waals surface area contributed by atoms with Crippen LogP contribution in [0.4, 0.5) is 11.4 Å². The lowest BCUT2D eigenvalue weighted by Gasteiger charge is -2.09. The minimum absolute atomic E-state index is 0.109. The van der Waals surface area contributed by atoms with Crippen LogP contribution in [0.15, 0.2) is 48.5 Å². The lowest BCUT2D eigenvalue weighted by atomic mass is 10.3. The summed E-state index contributed by atoms with van der Waals surface area (Å²) < 4.78 is 60.5. The van der Waals surface area contributed by atoms with Crippen molar-refractivity contribution in [1.29, 1.82) is 0 Å². The molecular formula is C34H54N2O12. The molecule has 0 unspecified atom stereocenters. The Kier molecular flexibility index (Phi) is 25.7. The molecule has 0 radical (unpaired) electrons. The summed E-state index contributed by atoms with van der Waals surface area (Å²) >= 11 is 0. The molecule has 0 saturated carbocycles. The van der Waals surface area contributed by atoms with E-state index in [0.29, 0.717) is 144 Å². The van der Waals surface area contributed by atoms with Crippen molar-refractivity contribution in [2.75, 3.05) is 143 Å². The molecule has 0 aliphatic rings. The standard InChI is InChI=1S/C34H54N2O12/c1-30(37)36-32-4-8-34(9-5-32)48-29-27-46-25-23-44-21-19-42-17-15-40-13-11-38-10-12-39-14-16-41-18-20-43-22-24-45-26-28-47-33-6-2-31(35)3-7-33/h2-9H,10-29,35H2,1H3,(H,36,37). The Labute approximate surface area is 284 Å². The maximum absolute atomic E-state index is 11.0. The van der Waals surface area contributed by atoms with Gasteiger partial charge in [-0.05, 0) is 48.5 Å². The van der Waals surface area contributed by atoms with Gasteiger partial charge in [0.15, 0.2) is 0 Å². The molecular weight excluding hydrogens is 628 g/mol. The molecule has 272 valence electrons. The van der Waals surface area contributed by atoms with Crippen LogP contribution in [0.25, 0.3) is 0 Å². The molecule has 14 nitrogen and oxygen atoms in total. The van der Waals surface area contributed by atoms with Gasteiger partial charge in [0.05, 0.1) is 119 Å². The van der Waals surface area contributed by atoms with Crippen molar-refractivity contribution in [3.63, 3.8) is 0 Å². The van der Waals surface area contributed by atoms with Crippen molar-refractivity contribution in [3.05, 3.63) is 48.5 Å². The Hall–Kier alpha value is -3.05. The number of benzene rings is 2. The number of hydrogen-bond acceptors (Lipinski definition) is 13. The minimum atomic E-state index is -0.109. The highest BCUT2D eigenvalue weighted by molar-refractivity contribution is 5.88. The fourth-order valence-electron chi connectivity index (χ4n) is 3.70. The van der Waals surface area contributed by atoms with Crippen LogP contribution in [0.1, 0.15) is 6.92 Å². The molecule has 2 aromatic carbocycles. The maximum Gasteiger partial charge on any atom is 0.221 e. The van der Waals surface area contributed by atoms with E-state index >= 15 is 0 Å². The Morgan fingerprint density at radius 2 is 0.688 bits per heavy atom. The molecule has 0 aromatic heterocycles. The zero-order valence-electron chi connectivity index (χ0n) is 28.2. The van der Waals surface area contributed by atoms with Gasteiger partial charge in [0.2, 0.25) is 5.91 Å². The van der Waals surface area contributed by atoms with E-state index < -0.39 is 0 Å². The number of ether oxygens (including phenoxy) is 11. The first-order chi connectivity index (χ1) is 23.6. The Balaban J connectivity index is 1.17. The topological polar surface area (TPSA) is 157 Å². The van der Waals surface area contributed by atoms with Crippen molar-refractivity contribution in [2.45, 2.75) is 6.92 Å². The van der Waals surface area contributed by atoms with Gasteiger partial charge >= 0.3 is 0 Å². The second-order valence-corrected chi connectivity index (χ2v) is 9.98. The van der Waals surface area contributed by atoms with Crippen LogP contribution in [0, 0.1) is 0 Å². The largest absolute Gasteiger partial charge is 0.491 e. The molecule has 0 spiro atoms. The summed E-state index contributed by atoms with van der Waals surface area (Å²) in [6.45, 7) is 11.2. The van der Waals surface area contributed by atoms with Gasteiger partial charge in [-0.3, -0.25) is 4.79 Å². The molecule has 3 N–H and O–H groups in total. The Morgan fingerprint density at radius 3 is 0.958 bits per heavy atom. The van der Waals surface area contributed by atoms with Crippen LogP contribution < -0.4 is 20.5 Å². The van der Waals surface area contributed by atoms with Gasteiger partial charge in [-0.15, -0.1) is 0 Å². The summed E-state index contributed by atoms with van der Waals surface area (Å²) in [5, 5.41) is 2.71. The van der Waals surface area contributed by atoms with E-state index in [9.17, 15) is 4.79 Å². The van der Waals surface area contributed by atoms with Gasteiger partial charge in [-0.1, -0.05) is 0 Å². The summed E-state index contributed by atoms with van der Waals surface area (Å²) in [7, 11) is 0. The number of rotatable bonds is 33. The van der Waals surface area contributed by atoms with Crippen LogP contribution in [0.3, 0.4) is 0 Å². The molecule has 1 amide bonds. The third-order valence-electron chi connectivity index (χ3n) is 6.02. The van der Waals surface area contributed by atoms with Crippen LogP contribution in [0.5, 0.6) is 11.5 Å². The number of carbonyl (C=O) groups is 1. The smallest absolute Gasteiger partial charge is 0.221 e. The Bertz CT molecular complexity index is 1010. The molecule has 0 saturated heterocycles. The molecule has 0 fully saturated rings. The third kappa shape index (κ3) is 25.0. The first-order valence-corrected chi connectivity index (χ1v) is 16.3. The number of nitrogen functional groups attached to an aromatic ring is 1. The SMILES string of the molecule is CC(=O)Nc1ccc(OCCOCCOCCOCCOCCOCCOCCOCCOCCOCCOc2ccc(N)cc2)cc1. The Morgan fingerprint density at radius 1 is 0.438 bits per heavy atom. The average molecular weight is 683 g/mol. The predicted molar refractivity (Wildman–Crippen MR) is 180 cm³/mol. The van der Waals surface area contributed by atoms with Gasteiger partial charge in [-0.2, -0.15) is 0 Å². The van der Waals surface area contributed by atoms with E-state index in [0.717, 1.165) is 11.4 Å². The summed E-state index contributed by atoms with van der Waals surface area (Å²) in [5.41, 5.74) is 7.08. The predicted octanol–water partition coefficient (Wildman–Crippen LogP) is 2.83. The summed E-state index contributed by atoms with van der Waals surface area (Å²) in [5.74, 6) is 1.38.